The summed E-state index contributed by atoms with van der Waals surface area (Å²) in [5, 5.41) is 1.55. The number of benzene rings is 2. The van der Waals surface area contributed by atoms with Gasteiger partial charge in [0.15, 0.2) is 0 Å². The highest BCUT2D eigenvalue weighted by Crippen LogP contribution is 2.22. The average Bonchev–Trinajstić information content (AvgIpc) is 2.58. The molecule has 144 valence electrons. The zero-order chi connectivity index (χ0) is 19.4. The molecule has 3 rings (SSSR count). The molecule has 1 aliphatic rings. The zero-order valence-corrected chi connectivity index (χ0v) is 16.0. The third-order valence-electron chi connectivity index (χ3n) is 4.17. The molecule has 2 aromatic rings. The van der Waals surface area contributed by atoms with Gasteiger partial charge in [0.2, 0.25) is 0 Å². The Labute approximate surface area is 159 Å². The summed E-state index contributed by atoms with van der Waals surface area (Å²) >= 11 is 0. The first kappa shape index (κ1) is 19.3. The molecule has 0 atom stereocenters. The molecule has 27 heavy (non-hydrogen) atoms. The molecule has 1 fully saturated rings. The lowest BCUT2D eigenvalue weighted by atomic mass is 10.2. The molecule has 0 aromatic heterocycles. The van der Waals surface area contributed by atoms with Gasteiger partial charge in [-0.1, -0.05) is 48.0 Å². The number of hydrazine groups is 1. The lowest BCUT2D eigenvalue weighted by Crippen LogP contribution is -2.60. The van der Waals surface area contributed by atoms with Crippen LogP contribution in [-0.4, -0.2) is 38.7 Å². The number of carbonyl (C=O) groups is 1. The summed E-state index contributed by atoms with van der Waals surface area (Å²) in [6.45, 7) is 4.34. The Kier molecular flexibility index (Phi) is 5.79. The van der Waals surface area contributed by atoms with Crippen molar-refractivity contribution in [3.8, 4) is 0 Å². The van der Waals surface area contributed by atoms with Gasteiger partial charge in [0.25, 0.3) is 10.1 Å². The molecule has 0 aliphatic carbocycles. The predicted molar refractivity (Wildman–Crippen MR) is 99.3 cm³/mol. The lowest BCUT2D eigenvalue weighted by molar-refractivity contribution is -0.0130. The van der Waals surface area contributed by atoms with Crippen LogP contribution in [0.1, 0.15) is 16.7 Å². The van der Waals surface area contributed by atoms with Gasteiger partial charge in [-0.3, -0.25) is 9.61 Å². The van der Waals surface area contributed by atoms with Crippen molar-refractivity contribution < 1.29 is 22.1 Å². The van der Waals surface area contributed by atoms with Gasteiger partial charge in [0.1, 0.15) is 12.7 Å². The van der Waals surface area contributed by atoms with Crippen molar-refractivity contribution in [1.82, 2.24) is 10.4 Å². The second-order valence-corrected chi connectivity index (χ2v) is 8.06. The van der Waals surface area contributed by atoms with E-state index in [1.54, 1.807) is 30.1 Å². The van der Waals surface area contributed by atoms with Crippen molar-refractivity contribution in [3.05, 3.63) is 65.2 Å². The summed E-state index contributed by atoms with van der Waals surface area (Å²) in [7, 11) is -3.84. The van der Waals surface area contributed by atoms with Crippen molar-refractivity contribution in [3.63, 3.8) is 0 Å². The van der Waals surface area contributed by atoms with E-state index < -0.39 is 22.3 Å². The monoisotopic (exact) mass is 390 g/mol. The van der Waals surface area contributed by atoms with Crippen LogP contribution in [0.3, 0.4) is 0 Å². The van der Waals surface area contributed by atoms with Crippen molar-refractivity contribution >= 4 is 16.2 Å². The molecule has 1 amide bonds. The number of nitrogens with one attached hydrogen (secondary N) is 1. The van der Waals surface area contributed by atoms with E-state index in [9.17, 15) is 13.2 Å². The number of amides is 1. The molecule has 0 radical (unpaired) electrons. The van der Waals surface area contributed by atoms with Gasteiger partial charge in [-0.15, -0.1) is 0 Å². The maximum atomic E-state index is 12.4. The van der Waals surface area contributed by atoms with Gasteiger partial charge < -0.3 is 4.74 Å². The Morgan fingerprint density at radius 3 is 2.52 bits per heavy atom. The van der Waals surface area contributed by atoms with E-state index in [1.807, 2.05) is 37.3 Å². The fraction of sp³-hybridized carbons (Fsp3) is 0.316. The smallest absolute Gasteiger partial charge is 0.422 e. The normalized spacial score (nSPS) is 15.2. The molecule has 0 unspecified atom stereocenters. The molecular weight excluding hydrogens is 368 g/mol. The summed E-state index contributed by atoms with van der Waals surface area (Å²) in [6, 6.07) is 14.4. The van der Waals surface area contributed by atoms with Crippen LogP contribution in [-0.2, 0) is 25.6 Å². The quantitative estimate of drug-likeness (QED) is 0.763. The van der Waals surface area contributed by atoms with Crippen molar-refractivity contribution in [1.29, 1.82) is 0 Å². The van der Waals surface area contributed by atoms with Crippen LogP contribution in [0.5, 0.6) is 0 Å². The molecular formula is C19H22N2O5S. The fourth-order valence-corrected chi connectivity index (χ4v) is 4.06. The van der Waals surface area contributed by atoms with E-state index in [-0.39, 0.29) is 24.6 Å². The number of aryl methyl sites for hydroxylation is 2. The van der Waals surface area contributed by atoms with E-state index in [2.05, 4.69) is 5.43 Å². The number of ether oxygens (including phenoxy) is 1. The molecule has 8 heteroatoms. The van der Waals surface area contributed by atoms with Crippen molar-refractivity contribution in [2.45, 2.75) is 31.5 Å². The first-order valence-corrected chi connectivity index (χ1v) is 9.97. The second-order valence-electron chi connectivity index (χ2n) is 6.52. The van der Waals surface area contributed by atoms with E-state index >= 15 is 0 Å². The lowest BCUT2D eigenvalue weighted by Gasteiger charge is -2.37. The molecule has 7 nitrogen and oxygen atoms in total. The maximum Gasteiger partial charge on any atom is 0.422 e. The third kappa shape index (κ3) is 5.06. The van der Waals surface area contributed by atoms with Crippen molar-refractivity contribution in [2.24, 2.45) is 0 Å². The Bertz CT molecular complexity index is 909. The van der Waals surface area contributed by atoms with Crippen molar-refractivity contribution in [2.75, 3.05) is 13.1 Å². The van der Waals surface area contributed by atoms with E-state index in [4.69, 9.17) is 8.92 Å². The summed E-state index contributed by atoms with van der Waals surface area (Å²) in [4.78, 5) is 11.9. The topological polar surface area (TPSA) is 84.9 Å². The van der Waals surface area contributed by atoms with E-state index in [1.165, 1.54) is 0 Å². The second kappa shape index (κ2) is 8.08. The molecule has 1 aliphatic heterocycles. The third-order valence-corrected chi connectivity index (χ3v) is 5.69. The highest BCUT2D eigenvalue weighted by atomic mass is 32.2. The first-order valence-electron chi connectivity index (χ1n) is 8.56. The zero-order valence-electron chi connectivity index (χ0n) is 15.2. The molecule has 1 N–H and O–H groups in total. The summed E-state index contributed by atoms with van der Waals surface area (Å²) in [5.74, 6) is 0. The number of hydrogen-bond donors (Lipinski definition) is 1. The van der Waals surface area contributed by atoms with Crippen LogP contribution in [0.25, 0.3) is 0 Å². The predicted octanol–water partition coefficient (Wildman–Crippen LogP) is 2.53. The Morgan fingerprint density at radius 1 is 1.15 bits per heavy atom. The van der Waals surface area contributed by atoms with E-state index in [0.29, 0.717) is 5.56 Å². The number of rotatable bonds is 6. The van der Waals surface area contributed by atoms with Crippen LogP contribution in [0.4, 0.5) is 4.79 Å². The number of carbonyl (C=O) groups excluding carboxylic acids is 1. The highest BCUT2D eigenvalue weighted by molar-refractivity contribution is 7.86. The SMILES string of the molecule is Cc1ccc(S(=O)(=O)OC2CN(NC(=O)OCc3ccccc3)C2)c(C)c1. The Hall–Kier alpha value is -2.42. The molecule has 1 heterocycles. The van der Waals surface area contributed by atoms with Gasteiger partial charge in [0.05, 0.1) is 4.90 Å². The fourth-order valence-electron chi connectivity index (χ4n) is 2.79. The van der Waals surface area contributed by atoms with Gasteiger partial charge in [0, 0.05) is 13.1 Å². The van der Waals surface area contributed by atoms with Gasteiger partial charge in [-0.05, 0) is 31.0 Å². The maximum absolute atomic E-state index is 12.4. The molecule has 0 bridgehead atoms. The van der Waals surface area contributed by atoms with E-state index in [0.717, 1.165) is 11.1 Å². The summed E-state index contributed by atoms with van der Waals surface area (Å²) < 4.78 is 35.2. The minimum Gasteiger partial charge on any atom is -0.444 e. The van der Waals surface area contributed by atoms with Crippen LogP contribution in [0.2, 0.25) is 0 Å². The highest BCUT2D eigenvalue weighted by Gasteiger charge is 2.34. The number of nitrogens with zero attached hydrogens (tertiary/aromatic N) is 1. The standard InChI is InChI=1S/C19H22N2O5S/c1-14-8-9-18(15(2)10-14)27(23,24)26-17-11-21(12-17)20-19(22)25-13-16-6-4-3-5-7-16/h3-10,17H,11-13H2,1-2H3,(H,20,22). The van der Waals surface area contributed by atoms with Crippen LogP contribution in [0, 0.1) is 13.8 Å². The molecule has 0 spiro atoms. The van der Waals surface area contributed by atoms with Crippen LogP contribution < -0.4 is 5.43 Å². The molecule has 1 saturated heterocycles. The minimum atomic E-state index is -3.84. The molecule has 0 saturated carbocycles. The minimum absolute atomic E-state index is 0.168. The number of hydrogen-bond acceptors (Lipinski definition) is 6. The first-order chi connectivity index (χ1) is 12.8. The largest absolute Gasteiger partial charge is 0.444 e. The van der Waals surface area contributed by atoms with Gasteiger partial charge >= 0.3 is 6.09 Å². The Morgan fingerprint density at radius 2 is 1.85 bits per heavy atom. The molecule has 2 aromatic carbocycles. The van der Waals surface area contributed by atoms with Gasteiger partial charge in [-0.25, -0.2) is 9.80 Å². The van der Waals surface area contributed by atoms with Crippen LogP contribution >= 0.6 is 0 Å². The van der Waals surface area contributed by atoms with Gasteiger partial charge in [-0.2, -0.15) is 8.42 Å². The average molecular weight is 390 g/mol. The van der Waals surface area contributed by atoms with Crippen LogP contribution in [0.15, 0.2) is 53.4 Å². The summed E-state index contributed by atoms with van der Waals surface area (Å²) in [5.41, 5.74) is 5.08. The Balaban J connectivity index is 1.44. The summed E-state index contributed by atoms with van der Waals surface area (Å²) in [6.07, 6.45) is -1.10.